The first-order valence-corrected chi connectivity index (χ1v) is 11.8. The van der Waals surface area contributed by atoms with Crippen LogP contribution >= 0.6 is 39.7 Å². The highest BCUT2D eigenvalue weighted by Gasteiger charge is 2.59. The average molecular weight is 547 g/mol. The summed E-state index contributed by atoms with van der Waals surface area (Å²) in [5.74, 6) is -0.679. The van der Waals surface area contributed by atoms with E-state index in [1.807, 2.05) is 25.1 Å². The first kappa shape index (κ1) is 22.1. The Hall–Kier alpha value is -2.68. The van der Waals surface area contributed by atoms with Gasteiger partial charge in [0, 0.05) is 26.4 Å². The average Bonchev–Trinajstić information content (AvgIpc) is 2.77. The van der Waals surface area contributed by atoms with Gasteiger partial charge in [0.1, 0.15) is 17.5 Å². The summed E-state index contributed by atoms with van der Waals surface area (Å²) in [6.07, 6.45) is 0. The molecule has 2 N–H and O–H groups in total. The highest BCUT2D eigenvalue weighted by atomic mass is 79.9. The number of thiocarbonyl (C=S) groups is 1. The van der Waals surface area contributed by atoms with Crippen molar-refractivity contribution in [2.75, 3.05) is 10.2 Å². The zero-order valence-electron chi connectivity index (χ0n) is 17.3. The van der Waals surface area contributed by atoms with E-state index in [1.54, 1.807) is 41.3 Å². The third kappa shape index (κ3) is 3.86. The van der Waals surface area contributed by atoms with Gasteiger partial charge in [0.2, 0.25) is 5.91 Å². The number of nitrogens with one attached hydrogen (secondary N) is 2. The van der Waals surface area contributed by atoms with Crippen LogP contribution in [0.4, 0.5) is 15.8 Å². The maximum Gasteiger partial charge on any atom is 0.236 e. The van der Waals surface area contributed by atoms with Gasteiger partial charge < -0.3 is 15.4 Å². The van der Waals surface area contributed by atoms with Crippen molar-refractivity contribution in [2.45, 2.75) is 18.7 Å². The van der Waals surface area contributed by atoms with Gasteiger partial charge in [-0.1, -0.05) is 27.5 Å². The van der Waals surface area contributed by atoms with Crippen LogP contribution in [0.15, 0.2) is 71.2 Å². The van der Waals surface area contributed by atoms with Crippen molar-refractivity contribution in [1.82, 2.24) is 5.32 Å². The van der Waals surface area contributed by atoms with E-state index in [1.165, 1.54) is 12.1 Å². The highest BCUT2D eigenvalue weighted by Crippen LogP contribution is 2.50. The molecule has 168 valence electrons. The van der Waals surface area contributed by atoms with Gasteiger partial charge in [0.25, 0.3) is 0 Å². The van der Waals surface area contributed by atoms with E-state index in [0.29, 0.717) is 27.3 Å². The molecule has 3 unspecified atom stereocenters. The molecule has 2 aliphatic heterocycles. The number of rotatable bonds is 3. The third-order valence-electron chi connectivity index (χ3n) is 5.94. The molecule has 0 saturated carbocycles. The molecule has 2 aliphatic rings. The SMILES string of the molecule is CC12Oc3ccc(Br)cc3C(NC(=S)N1c1ccc(F)cc1)C2C(=O)Nc1ccc(Cl)cc1. The molecule has 33 heavy (non-hydrogen) atoms. The van der Waals surface area contributed by atoms with Gasteiger partial charge >= 0.3 is 0 Å². The van der Waals surface area contributed by atoms with Crippen LogP contribution in [0.25, 0.3) is 0 Å². The Balaban J connectivity index is 1.62. The van der Waals surface area contributed by atoms with Crippen LogP contribution in [0.2, 0.25) is 5.02 Å². The first-order valence-electron chi connectivity index (χ1n) is 10.2. The van der Waals surface area contributed by atoms with Gasteiger partial charge in [-0.2, -0.15) is 0 Å². The fourth-order valence-electron chi connectivity index (χ4n) is 4.49. The normalized spacial score (nSPS) is 23.3. The number of nitrogens with zero attached hydrogens (tertiary/aromatic N) is 1. The number of hydrogen-bond donors (Lipinski definition) is 2. The van der Waals surface area contributed by atoms with E-state index in [2.05, 4.69) is 26.6 Å². The quantitative estimate of drug-likeness (QED) is 0.392. The van der Waals surface area contributed by atoms with Crippen LogP contribution in [-0.2, 0) is 4.79 Å². The lowest BCUT2D eigenvalue weighted by Gasteiger charge is -2.56. The summed E-state index contributed by atoms with van der Waals surface area (Å²) in [6.45, 7) is 1.83. The van der Waals surface area contributed by atoms with E-state index >= 15 is 0 Å². The monoisotopic (exact) mass is 545 g/mol. The Morgan fingerprint density at radius 2 is 1.88 bits per heavy atom. The molecule has 1 fully saturated rings. The summed E-state index contributed by atoms with van der Waals surface area (Å²) < 4.78 is 21.0. The van der Waals surface area contributed by atoms with Crippen LogP contribution in [0, 0.1) is 11.7 Å². The summed E-state index contributed by atoms with van der Waals surface area (Å²) in [7, 11) is 0. The molecule has 1 amide bonds. The Labute approximate surface area is 209 Å². The number of hydrogen-bond acceptors (Lipinski definition) is 3. The Kier molecular flexibility index (Phi) is 5.55. The molecule has 0 spiro atoms. The lowest BCUT2D eigenvalue weighted by Crippen LogP contribution is -2.72. The number of carbonyl (C=O) groups is 1. The molecule has 2 heterocycles. The van der Waals surface area contributed by atoms with Crippen molar-refractivity contribution in [3.63, 3.8) is 0 Å². The minimum atomic E-state index is -1.18. The largest absolute Gasteiger partial charge is 0.467 e. The second-order valence-corrected chi connectivity index (χ2v) is 9.79. The van der Waals surface area contributed by atoms with Crippen molar-refractivity contribution in [2.24, 2.45) is 5.92 Å². The van der Waals surface area contributed by atoms with Gasteiger partial charge in [0.15, 0.2) is 10.8 Å². The number of carbonyl (C=O) groups excluding carboxylic acids is 1. The highest BCUT2D eigenvalue weighted by molar-refractivity contribution is 9.10. The van der Waals surface area contributed by atoms with Crippen molar-refractivity contribution in [1.29, 1.82) is 0 Å². The standard InChI is InChI=1S/C24H18BrClFN3O2S/c1-24-20(22(31)28-16-7-3-14(26)4-8-16)21(18-12-13(25)2-11-19(18)32-24)29-23(33)30(24)17-9-5-15(27)6-10-17/h2-12,20-21H,1H3,(H,28,31)(H,29,33). The molecule has 1 saturated heterocycles. The molecule has 3 aromatic rings. The molecule has 0 aliphatic carbocycles. The first-order chi connectivity index (χ1) is 15.8. The van der Waals surface area contributed by atoms with Crippen molar-refractivity contribution >= 4 is 62.1 Å². The molecule has 5 nitrogen and oxygen atoms in total. The molecule has 0 radical (unpaired) electrons. The van der Waals surface area contributed by atoms with Crippen molar-refractivity contribution in [3.05, 3.63) is 87.6 Å². The Bertz CT molecular complexity index is 1260. The number of fused-ring (bicyclic) bond motifs is 4. The second kappa shape index (κ2) is 8.27. The minimum Gasteiger partial charge on any atom is -0.467 e. The number of ether oxygens (including phenoxy) is 1. The summed E-state index contributed by atoms with van der Waals surface area (Å²) in [5, 5.41) is 7.26. The number of benzene rings is 3. The van der Waals surface area contributed by atoms with Gasteiger partial charge in [-0.25, -0.2) is 4.39 Å². The molecular formula is C24H18BrClFN3O2S. The maximum absolute atomic E-state index is 13.7. The minimum absolute atomic E-state index is 0.252. The van der Waals surface area contributed by atoms with Gasteiger partial charge in [-0.15, -0.1) is 0 Å². The maximum atomic E-state index is 13.7. The zero-order chi connectivity index (χ0) is 23.3. The van der Waals surface area contributed by atoms with Crippen LogP contribution in [0.1, 0.15) is 18.5 Å². The van der Waals surface area contributed by atoms with E-state index in [0.717, 1.165) is 10.0 Å². The van der Waals surface area contributed by atoms with E-state index in [4.69, 9.17) is 28.6 Å². The number of halogens is 3. The lowest BCUT2D eigenvalue weighted by molar-refractivity contribution is -0.130. The van der Waals surface area contributed by atoms with Crippen molar-refractivity contribution in [3.8, 4) is 5.75 Å². The van der Waals surface area contributed by atoms with E-state index in [-0.39, 0.29) is 11.7 Å². The summed E-state index contributed by atoms with van der Waals surface area (Å²) in [6, 6.07) is 18.1. The van der Waals surface area contributed by atoms with Gasteiger partial charge in [-0.3, -0.25) is 9.69 Å². The fourth-order valence-corrected chi connectivity index (χ4v) is 5.41. The summed E-state index contributed by atoms with van der Waals surface area (Å²) in [5.41, 5.74) is 0.864. The number of amides is 1. The van der Waals surface area contributed by atoms with Crippen LogP contribution in [0.5, 0.6) is 5.75 Å². The predicted molar refractivity (Wildman–Crippen MR) is 134 cm³/mol. The van der Waals surface area contributed by atoms with Gasteiger partial charge in [-0.05, 0) is 85.9 Å². The Morgan fingerprint density at radius 3 is 2.58 bits per heavy atom. The molecule has 9 heteroatoms. The third-order valence-corrected chi connectivity index (χ3v) is 6.98. The lowest BCUT2D eigenvalue weighted by atomic mass is 9.78. The molecule has 3 aromatic carbocycles. The Morgan fingerprint density at radius 1 is 1.18 bits per heavy atom. The zero-order valence-corrected chi connectivity index (χ0v) is 20.5. The van der Waals surface area contributed by atoms with Gasteiger partial charge in [0.05, 0.1) is 6.04 Å². The molecule has 5 rings (SSSR count). The molecule has 2 bridgehead atoms. The second-order valence-electron chi connectivity index (χ2n) is 8.05. The molecule has 3 atom stereocenters. The van der Waals surface area contributed by atoms with E-state index in [9.17, 15) is 9.18 Å². The van der Waals surface area contributed by atoms with Crippen LogP contribution < -0.4 is 20.3 Å². The fraction of sp³-hybridized carbons (Fsp3) is 0.167. The molecular weight excluding hydrogens is 529 g/mol. The van der Waals surface area contributed by atoms with E-state index < -0.39 is 17.7 Å². The van der Waals surface area contributed by atoms with Crippen LogP contribution in [-0.4, -0.2) is 16.7 Å². The predicted octanol–water partition coefficient (Wildman–Crippen LogP) is 6.04. The van der Waals surface area contributed by atoms with Crippen molar-refractivity contribution < 1.29 is 13.9 Å². The summed E-state index contributed by atoms with van der Waals surface area (Å²) >= 11 is 15.2. The topological polar surface area (TPSA) is 53.6 Å². The van der Waals surface area contributed by atoms with Crippen LogP contribution in [0.3, 0.4) is 0 Å². The smallest absolute Gasteiger partial charge is 0.236 e. The molecule has 0 aromatic heterocycles. The number of anilines is 2. The summed E-state index contributed by atoms with van der Waals surface area (Å²) in [4.78, 5) is 15.4.